The van der Waals surface area contributed by atoms with Gasteiger partial charge in [0.1, 0.15) is 5.84 Å². The fourth-order valence-electron chi connectivity index (χ4n) is 2.62. The third-order valence-electron chi connectivity index (χ3n) is 3.88. The maximum atomic E-state index is 12.5. The number of aryl methyl sites for hydroxylation is 1. The van der Waals surface area contributed by atoms with Crippen LogP contribution in [0.15, 0.2) is 29.2 Å². The van der Waals surface area contributed by atoms with Crippen LogP contribution in [0.25, 0.3) is 0 Å². The van der Waals surface area contributed by atoms with Gasteiger partial charge in [0, 0.05) is 0 Å². The van der Waals surface area contributed by atoms with E-state index in [1.807, 2.05) is 6.92 Å². The summed E-state index contributed by atoms with van der Waals surface area (Å²) in [6, 6.07) is 6.68. The lowest BCUT2D eigenvalue weighted by molar-refractivity contribution is 0.348. The fraction of sp³-hybridized carbons (Fsp3) is 0.500. The number of benzene rings is 1. The molecule has 0 spiro atoms. The first kappa shape index (κ1) is 15.0. The van der Waals surface area contributed by atoms with Crippen LogP contribution in [0.1, 0.15) is 37.7 Å². The smallest absolute Gasteiger partial charge is 0.241 e. The van der Waals surface area contributed by atoms with Crippen molar-refractivity contribution < 1.29 is 8.42 Å². The summed E-state index contributed by atoms with van der Waals surface area (Å²) in [5, 5.41) is 7.76. The average Bonchev–Trinajstić information content (AvgIpc) is 2.39. The molecule has 1 fully saturated rings. The Morgan fingerprint density at radius 3 is 2.25 bits per heavy atom. The first-order valence-electron chi connectivity index (χ1n) is 6.81. The normalized spacial score (nSPS) is 18.6. The van der Waals surface area contributed by atoms with E-state index in [9.17, 15) is 8.42 Å². The van der Waals surface area contributed by atoms with Gasteiger partial charge in [-0.1, -0.05) is 37.0 Å². The summed E-state index contributed by atoms with van der Waals surface area (Å²) in [7, 11) is -3.65. The minimum Gasteiger partial charge on any atom is -0.386 e. The van der Waals surface area contributed by atoms with Crippen molar-refractivity contribution in [3.63, 3.8) is 0 Å². The van der Waals surface area contributed by atoms with Crippen LogP contribution in [0.3, 0.4) is 0 Å². The maximum absolute atomic E-state index is 12.5. The van der Waals surface area contributed by atoms with Crippen LogP contribution in [0.4, 0.5) is 0 Å². The van der Waals surface area contributed by atoms with Gasteiger partial charge in [0.25, 0.3) is 0 Å². The second-order valence-corrected chi connectivity index (χ2v) is 7.16. The van der Waals surface area contributed by atoms with Gasteiger partial charge in [-0.2, -0.15) is 4.72 Å². The standard InChI is InChI=1S/C14H21N3O2S/c1-11-5-7-12(8-6-11)20(18,19)17-14(13(15)16)9-3-2-4-10-14/h5-8,17H,2-4,9-10H2,1H3,(H3,15,16). The molecule has 1 saturated carbocycles. The molecule has 4 N–H and O–H groups in total. The van der Waals surface area contributed by atoms with Crippen LogP contribution in [0, 0.1) is 12.3 Å². The Morgan fingerprint density at radius 2 is 1.75 bits per heavy atom. The molecular formula is C14H21N3O2S. The molecule has 20 heavy (non-hydrogen) atoms. The Balaban J connectivity index is 2.30. The number of amidine groups is 1. The summed E-state index contributed by atoms with van der Waals surface area (Å²) in [5.74, 6) is -0.0899. The zero-order valence-corrected chi connectivity index (χ0v) is 12.5. The van der Waals surface area contributed by atoms with Crippen LogP contribution >= 0.6 is 0 Å². The molecule has 2 rings (SSSR count). The topological polar surface area (TPSA) is 96.0 Å². The zero-order chi connectivity index (χ0) is 14.8. The van der Waals surface area contributed by atoms with Crippen molar-refractivity contribution in [3.8, 4) is 0 Å². The molecule has 0 aliphatic heterocycles. The Morgan fingerprint density at radius 1 is 1.20 bits per heavy atom. The third kappa shape index (κ3) is 3.02. The predicted octanol–water partition coefficient (Wildman–Crippen LogP) is 1.91. The van der Waals surface area contributed by atoms with Gasteiger partial charge >= 0.3 is 0 Å². The molecule has 1 aliphatic carbocycles. The molecule has 5 nitrogen and oxygen atoms in total. The molecule has 6 heteroatoms. The largest absolute Gasteiger partial charge is 0.386 e. The van der Waals surface area contributed by atoms with E-state index in [1.165, 1.54) is 0 Å². The van der Waals surface area contributed by atoms with E-state index in [4.69, 9.17) is 11.1 Å². The number of nitrogens with two attached hydrogens (primary N) is 1. The molecule has 0 saturated heterocycles. The monoisotopic (exact) mass is 295 g/mol. The zero-order valence-electron chi connectivity index (χ0n) is 11.6. The Hall–Kier alpha value is -1.40. The second kappa shape index (κ2) is 5.54. The summed E-state index contributed by atoms with van der Waals surface area (Å²) < 4.78 is 27.6. The van der Waals surface area contributed by atoms with Crippen molar-refractivity contribution in [1.82, 2.24) is 4.72 Å². The van der Waals surface area contributed by atoms with E-state index in [2.05, 4.69) is 4.72 Å². The van der Waals surface area contributed by atoms with Gasteiger partial charge in [0.15, 0.2) is 0 Å². The van der Waals surface area contributed by atoms with Gasteiger partial charge in [-0.25, -0.2) is 8.42 Å². The highest BCUT2D eigenvalue weighted by Gasteiger charge is 2.39. The number of hydrogen-bond acceptors (Lipinski definition) is 3. The minimum atomic E-state index is -3.65. The van der Waals surface area contributed by atoms with E-state index in [1.54, 1.807) is 24.3 Å². The molecule has 0 bridgehead atoms. The van der Waals surface area contributed by atoms with E-state index < -0.39 is 15.6 Å². The van der Waals surface area contributed by atoms with Crippen molar-refractivity contribution in [2.24, 2.45) is 5.73 Å². The average molecular weight is 295 g/mol. The van der Waals surface area contributed by atoms with E-state index in [0.29, 0.717) is 12.8 Å². The van der Waals surface area contributed by atoms with E-state index in [0.717, 1.165) is 24.8 Å². The number of sulfonamides is 1. The summed E-state index contributed by atoms with van der Waals surface area (Å²) in [6.07, 6.45) is 4.01. The van der Waals surface area contributed by atoms with Gasteiger partial charge in [-0.05, 0) is 31.9 Å². The van der Waals surface area contributed by atoms with Gasteiger partial charge < -0.3 is 5.73 Å². The van der Waals surface area contributed by atoms with Gasteiger partial charge in [-0.15, -0.1) is 0 Å². The first-order valence-corrected chi connectivity index (χ1v) is 8.29. The quantitative estimate of drug-likeness (QED) is 0.585. The predicted molar refractivity (Wildman–Crippen MR) is 79.2 cm³/mol. The molecule has 1 aromatic rings. The van der Waals surface area contributed by atoms with Crippen LogP contribution in [0.2, 0.25) is 0 Å². The lowest BCUT2D eigenvalue weighted by atomic mass is 9.82. The Labute approximate surface area is 120 Å². The molecule has 0 amide bonds. The molecule has 0 atom stereocenters. The maximum Gasteiger partial charge on any atom is 0.241 e. The van der Waals surface area contributed by atoms with Crippen molar-refractivity contribution in [2.45, 2.75) is 49.5 Å². The molecular weight excluding hydrogens is 274 g/mol. The van der Waals surface area contributed by atoms with Crippen molar-refractivity contribution in [2.75, 3.05) is 0 Å². The lowest BCUT2D eigenvalue weighted by Gasteiger charge is -2.36. The third-order valence-corrected chi connectivity index (χ3v) is 5.44. The number of nitrogens with one attached hydrogen (secondary N) is 2. The van der Waals surface area contributed by atoms with Crippen molar-refractivity contribution in [1.29, 1.82) is 5.41 Å². The van der Waals surface area contributed by atoms with E-state index in [-0.39, 0.29) is 10.7 Å². The number of rotatable bonds is 4. The second-order valence-electron chi connectivity index (χ2n) is 5.47. The SMILES string of the molecule is Cc1ccc(S(=O)(=O)NC2(C(=N)N)CCCCC2)cc1. The summed E-state index contributed by atoms with van der Waals surface area (Å²) in [6.45, 7) is 1.90. The van der Waals surface area contributed by atoms with Crippen LogP contribution in [-0.4, -0.2) is 19.8 Å². The highest BCUT2D eigenvalue weighted by Crippen LogP contribution is 2.29. The molecule has 1 aromatic carbocycles. The molecule has 110 valence electrons. The van der Waals surface area contributed by atoms with Gasteiger partial charge in [-0.3, -0.25) is 5.41 Å². The highest BCUT2D eigenvalue weighted by molar-refractivity contribution is 7.89. The summed E-state index contributed by atoms with van der Waals surface area (Å²) in [5.41, 5.74) is 5.76. The van der Waals surface area contributed by atoms with Crippen molar-refractivity contribution in [3.05, 3.63) is 29.8 Å². The van der Waals surface area contributed by atoms with Gasteiger partial charge in [0.05, 0.1) is 10.4 Å². The molecule has 0 heterocycles. The fourth-order valence-corrected chi connectivity index (χ4v) is 4.06. The Kier molecular flexibility index (Phi) is 4.15. The molecule has 1 aliphatic rings. The first-order chi connectivity index (χ1) is 9.36. The Bertz CT molecular complexity index is 587. The van der Waals surface area contributed by atoms with Crippen LogP contribution < -0.4 is 10.5 Å². The molecule has 0 radical (unpaired) electrons. The number of hydrogen-bond donors (Lipinski definition) is 3. The minimum absolute atomic E-state index is 0.0899. The lowest BCUT2D eigenvalue weighted by Crippen LogP contribution is -2.57. The summed E-state index contributed by atoms with van der Waals surface area (Å²) >= 11 is 0. The molecule has 0 aromatic heterocycles. The van der Waals surface area contributed by atoms with Gasteiger partial charge in [0.2, 0.25) is 10.0 Å². The van der Waals surface area contributed by atoms with Crippen LogP contribution in [0.5, 0.6) is 0 Å². The van der Waals surface area contributed by atoms with Crippen molar-refractivity contribution >= 4 is 15.9 Å². The van der Waals surface area contributed by atoms with Crippen LogP contribution in [-0.2, 0) is 10.0 Å². The van der Waals surface area contributed by atoms with E-state index >= 15 is 0 Å². The highest BCUT2D eigenvalue weighted by atomic mass is 32.2. The molecule has 0 unspecified atom stereocenters. The summed E-state index contributed by atoms with van der Waals surface area (Å²) in [4.78, 5) is 0.217.